The van der Waals surface area contributed by atoms with Crippen LogP contribution in [-0.2, 0) is 0 Å². The molecule has 0 aromatic rings. The average molecular weight is 303 g/mol. The summed E-state index contributed by atoms with van der Waals surface area (Å²) in [7, 11) is 0. The summed E-state index contributed by atoms with van der Waals surface area (Å²) in [6, 6.07) is 0.646. The molecule has 3 nitrogen and oxygen atoms in total. The van der Waals surface area contributed by atoms with Crippen LogP contribution in [0, 0.1) is 5.92 Å². The molecule has 128 valence electrons. The Kier molecular flexibility index (Phi) is 11.4. The highest BCUT2D eigenvalue weighted by Gasteiger charge is 2.32. The van der Waals surface area contributed by atoms with Crippen LogP contribution < -0.4 is 0 Å². The van der Waals surface area contributed by atoms with Gasteiger partial charge in [-0.25, -0.2) is 0 Å². The third-order valence-corrected chi connectivity index (χ3v) is 5.60. The molecule has 0 radical (unpaired) electrons. The lowest BCUT2D eigenvalue weighted by molar-refractivity contribution is -0.947. The normalized spacial score (nSPS) is 16.7. The monoisotopic (exact) mass is 302 g/mol. The maximum atomic E-state index is 9.65. The Bertz CT molecular complexity index is 231. The number of rotatable bonds is 13. The van der Waals surface area contributed by atoms with Crippen molar-refractivity contribution < 1.29 is 14.7 Å². The maximum Gasteiger partial charge on any atom is 0.0891 e. The van der Waals surface area contributed by atoms with Crippen molar-refractivity contribution in [1.29, 1.82) is 0 Å². The summed E-state index contributed by atoms with van der Waals surface area (Å²) in [4.78, 5) is 0. The van der Waals surface area contributed by atoms with Gasteiger partial charge < -0.3 is 14.7 Å². The molecule has 21 heavy (non-hydrogen) atoms. The van der Waals surface area contributed by atoms with Crippen LogP contribution in [0.1, 0.15) is 73.1 Å². The molecule has 0 fully saturated rings. The molecule has 0 amide bonds. The molecule has 3 atom stereocenters. The number of quaternary nitrogens is 1. The number of nitrogens with zero attached hydrogens (tertiary/aromatic N) is 1. The van der Waals surface area contributed by atoms with Crippen molar-refractivity contribution in [3.05, 3.63) is 0 Å². The van der Waals surface area contributed by atoms with E-state index in [-0.39, 0.29) is 6.10 Å². The van der Waals surface area contributed by atoms with Crippen LogP contribution in [0.2, 0.25) is 0 Å². The molecule has 0 saturated heterocycles. The summed E-state index contributed by atoms with van der Waals surface area (Å²) in [5.41, 5.74) is 0. The van der Waals surface area contributed by atoms with Crippen LogP contribution in [0.25, 0.3) is 0 Å². The van der Waals surface area contributed by atoms with E-state index in [1.54, 1.807) is 0 Å². The van der Waals surface area contributed by atoms with Gasteiger partial charge in [-0.2, -0.15) is 0 Å². The highest BCUT2D eigenvalue weighted by Crippen LogP contribution is 2.26. The van der Waals surface area contributed by atoms with E-state index in [2.05, 4.69) is 27.7 Å². The highest BCUT2D eigenvalue weighted by atomic mass is 16.3. The number of hydrogen-bond donors (Lipinski definition) is 2. The van der Waals surface area contributed by atoms with Gasteiger partial charge in [-0.15, -0.1) is 0 Å². The van der Waals surface area contributed by atoms with E-state index in [9.17, 15) is 10.2 Å². The van der Waals surface area contributed by atoms with Gasteiger partial charge in [0.1, 0.15) is 0 Å². The molecule has 2 N–H and O–H groups in total. The smallest absolute Gasteiger partial charge is 0.0891 e. The van der Waals surface area contributed by atoms with Gasteiger partial charge in [0.15, 0.2) is 0 Å². The predicted octanol–water partition coefficient (Wildman–Crippen LogP) is 3.58. The minimum Gasteiger partial charge on any atom is -0.396 e. The minimum absolute atomic E-state index is 0.195. The quantitative estimate of drug-likeness (QED) is 0.511. The number of aliphatic hydroxyl groups excluding tert-OH is 2. The van der Waals surface area contributed by atoms with Crippen molar-refractivity contribution in [2.45, 2.75) is 85.3 Å². The average Bonchev–Trinajstić information content (AvgIpc) is 2.49. The Morgan fingerprint density at radius 2 is 1.33 bits per heavy atom. The molecule has 0 aliphatic heterocycles. The van der Waals surface area contributed by atoms with Gasteiger partial charge >= 0.3 is 0 Å². The van der Waals surface area contributed by atoms with Crippen molar-refractivity contribution in [1.82, 2.24) is 0 Å². The molecule has 3 heteroatoms. The molecular formula is C18H40NO2+. The first kappa shape index (κ1) is 20.9. The van der Waals surface area contributed by atoms with Gasteiger partial charge in [0.25, 0.3) is 0 Å². The molecule has 0 heterocycles. The van der Waals surface area contributed by atoms with E-state index in [4.69, 9.17) is 0 Å². The van der Waals surface area contributed by atoms with Gasteiger partial charge in [0.2, 0.25) is 0 Å². The van der Waals surface area contributed by atoms with Crippen molar-refractivity contribution in [2.24, 2.45) is 5.92 Å². The van der Waals surface area contributed by atoms with Gasteiger partial charge in [-0.05, 0) is 59.3 Å². The zero-order valence-electron chi connectivity index (χ0n) is 15.1. The highest BCUT2D eigenvalue weighted by molar-refractivity contribution is 4.67. The molecule has 0 spiro atoms. The molecule has 0 aromatic heterocycles. The standard InChI is InChI=1S/C18H40NO2/c1-6-17(14-15-20)11-13-18(12-10-16(5)21)19(7-2,8-3)9-4/h16-18,20-21H,6-15H2,1-5H3/q+1. The Labute approximate surface area is 133 Å². The van der Waals surface area contributed by atoms with Crippen LogP contribution in [0.3, 0.4) is 0 Å². The topological polar surface area (TPSA) is 40.5 Å². The Morgan fingerprint density at radius 3 is 1.71 bits per heavy atom. The maximum absolute atomic E-state index is 9.65. The fourth-order valence-electron chi connectivity index (χ4n) is 3.73. The third kappa shape index (κ3) is 7.12. The van der Waals surface area contributed by atoms with E-state index in [0.717, 1.165) is 25.7 Å². The van der Waals surface area contributed by atoms with Crippen LogP contribution in [-0.4, -0.2) is 53.1 Å². The predicted molar refractivity (Wildman–Crippen MR) is 91.3 cm³/mol. The van der Waals surface area contributed by atoms with E-state index in [1.165, 1.54) is 37.0 Å². The van der Waals surface area contributed by atoms with Gasteiger partial charge in [-0.1, -0.05) is 13.3 Å². The van der Waals surface area contributed by atoms with E-state index in [0.29, 0.717) is 18.6 Å². The molecule has 0 aliphatic rings. The lowest BCUT2D eigenvalue weighted by Crippen LogP contribution is -2.55. The first-order valence-corrected chi connectivity index (χ1v) is 9.14. The van der Waals surface area contributed by atoms with Crippen molar-refractivity contribution in [3.63, 3.8) is 0 Å². The second-order valence-corrected chi connectivity index (χ2v) is 6.61. The Morgan fingerprint density at radius 1 is 0.810 bits per heavy atom. The largest absolute Gasteiger partial charge is 0.396 e. The van der Waals surface area contributed by atoms with Gasteiger partial charge in [-0.3, -0.25) is 0 Å². The van der Waals surface area contributed by atoms with E-state index in [1.807, 2.05) is 6.92 Å². The summed E-state index contributed by atoms with van der Waals surface area (Å²) >= 11 is 0. The zero-order valence-corrected chi connectivity index (χ0v) is 15.1. The summed E-state index contributed by atoms with van der Waals surface area (Å²) in [5.74, 6) is 0.650. The summed E-state index contributed by atoms with van der Waals surface area (Å²) in [6.07, 6.45) is 6.35. The second-order valence-electron chi connectivity index (χ2n) is 6.61. The van der Waals surface area contributed by atoms with Crippen molar-refractivity contribution in [2.75, 3.05) is 26.2 Å². The summed E-state index contributed by atoms with van der Waals surface area (Å²) in [6.45, 7) is 14.9. The number of hydrogen-bond acceptors (Lipinski definition) is 2. The Balaban J connectivity index is 4.78. The SMILES string of the molecule is CCC(CCO)CCC(CCC(C)O)[N+](CC)(CC)CC. The lowest BCUT2D eigenvalue weighted by atomic mass is 9.91. The van der Waals surface area contributed by atoms with Crippen molar-refractivity contribution in [3.8, 4) is 0 Å². The summed E-state index contributed by atoms with van der Waals surface area (Å²) < 4.78 is 1.17. The minimum atomic E-state index is -0.195. The second kappa shape index (κ2) is 11.4. The molecule has 0 aromatic carbocycles. The first-order valence-electron chi connectivity index (χ1n) is 9.14. The van der Waals surface area contributed by atoms with E-state index >= 15 is 0 Å². The van der Waals surface area contributed by atoms with Crippen molar-refractivity contribution >= 4 is 0 Å². The van der Waals surface area contributed by atoms with Crippen LogP contribution in [0.15, 0.2) is 0 Å². The molecular weight excluding hydrogens is 262 g/mol. The van der Waals surface area contributed by atoms with Crippen LogP contribution >= 0.6 is 0 Å². The molecule has 3 unspecified atom stereocenters. The van der Waals surface area contributed by atoms with Gasteiger partial charge in [0, 0.05) is 13.0 Å². The van der Waals surface area contributed by atoms with Crippen LogP contribution in [0.5, 0.6) is 0 Å². The van der Waals surface area contributed by atoms with Gasteiger partial charge in [0.05, 0.1) is 31.8 Å². The van der Waals surface area contributed by atoms with E-state index < -0.39 is 0 Å². The fraction of sp³-hybridized carbons (Fsp3) is 1.00. The van der Waals surface area contributed by atoms with Crippen LogP contribution in [0.4, 0.5) is 0 Å². The first-order chi connectivity index (χ1) is 9.99. The Hall–Kier alpha value is -0.120. The molecule has 0 bridgehead atoms. The lowest BCUT2D eigenvalue weighted by Gasteiger charge is -2.44. The molecule has 0 rings (SSSR count). The molecule has 0 aliphatic carbocycles. The molecule has 0 saturated carbocycles. The summed E-state index contributed by atoms with van der Waals surface area (Å²) in [5, 5.41) is 18.8. The third-order valence-electron chi connectivity index (χ3n) is 5.60. The number of aliphatic hydroxyl groups is 2. The zero-order chi connectivity index (χ0) is 16.3. The fourth-order valence-corrected chi connectivity index (χ4v) is 3.73.